The molecule has 8 rings (SSSR count). The molecule has 150 valence electrons. The Labute approximate surface area is 186 Å². The first-order valence-corrected chi connectivity index (χ1v) is 11.5. The zero-order valence-electron chi connectivity index (χ0n) is 17.7. The molecule has 1 aliphatic heterocycles. The van der Waals surface area contributed by atoms with Crippen molar-refractivity contribution in [2.24, 2.45) is 0 Å². The van der Waals surface area contributed by atoms with Gasteiger partial charge >= 0.3 is 0 Å². The first-order valence-electron chi connectivity index (χ1n) is 11.5. The lowest BCUT2D eigenvalue weighted by molar-refractivity contribution is 0.738. The van der Waals surface area contributed by atoms with E-state index in [0.717, 1.165) is 12.8 Å². The van der Waals surface area contributed by atoms with Crippen molar-refractivity contribution in [3.8, 4) is 5.69 Å². The molecule has 32 heavy (non-hydrogen) atoms. The Morgan fingerprint density at radius 3 is 2.38 bits per heavy atom. The van der Waals surface area contributed by atoms with Crippen LogP contribution < -0.4 is 0 Å². The van der Waals surface area contributed by atoms with E-state index in [1.807, 2.05) is 0 Å². The van der Waals surface area contributed by atoms with Gasteiger partial charge in [-0.3, -0.25) is 0 Å². The molecule has 1 aromatic heterocycles. The van der Waals surface area contributed by atoms with Crippen molar-refractivity contribution in [3.63, 3.8) is 0 Å². The molecule has 1 atom stereocenters. The van der Waals surface area contributed by atoms with Gasteiger partial charge in [-0.15, -0.1) is 0 Å². The van der Waals surface area contributed by atoms with E-state index in [-0.39, 0.29) is 5.41 Å². The van der Waals surface area contributed by atoms with Crippen LogP contribution in [0.3, 0.4) is 0 Å². The Morgan fingerprint density at radius 2 is 1.41 bits per heavy atom. The molecule has 0 N–H and O–H groups in total. The van der Waals surface area contributed by atoms with E-state index in [0.29, 0.717) is 0 Å². The van der Waals surface area contributed by atoms with E-state index in [9.17, 15) is 0 Å². The summed E-state index contributed by atoms with van der Waals surface area (Å²) in [7, 11) is 0. The van der Waals surface area contributed by atoms with Crippen molar-refractivity contribution in [2.75, 3.05) is 0 Å². The zero-order valence-corrected chi connectivity index (χ0v) is 17.7. The third-order valence-electron chi connectivity index (χ3n) is 7.88. The summed E-state index contributed by atoms with van der Waals surface area (Å²) in [6.45, 7) is 0. The molecule has 0 fully saturated rings. The van der Waals surface area contributed by atoms with Gasteiger partial charge in [0.2, 0.25) is 0 Å². The van der Waals surface area contributed by atoms with E-state index >= 15 is 0 Å². The minimum Gasteiger partial charge on any atom is -0.309 e. The molecule has 0 saturated carbocycles. The predicted octanol–water partition coefficient (Wildman–Crippen LogP) is 7.55. The summed E-state index contributed by atoms with van der Waals surface area (Å²) >= 11 is 0. The van der Waals surface area contributed by atoms with Crippen LogP contribution in [-0.2, 0) is 5.41 Å². The third-order valence-corrected chi connectivity index (χ3v) is 7.88. The summed E-state index contributed by atoms with van der Waals surface area (Å²) in [5.74, 6) is 0. The van der Waals surface area contributed by atoms with E-state index in [1.165, 1.54) is 60.9 Å². The molecule has 0 radical (unpaired) electrons. The summed E-state index contributed by atoms with van der Waals surface area (Å²) in [4.78, 5) is 0. The fraction of sp³-hybridized carbons (Fsp3) is 0.0968. The lowest BCUT2D eigenvalue weighted by Crippen LogP contribution is -2.34. The number of aromatic nitrogens is 1. The lowest BCUT2D eigenvalue weighted by Gasteiger charge is -2.40. The van der Waals surface area contributed by atoms with E-state index in [4.69, 9.17) is 0 Å². The highest BCUT2D eigenvalue weighted by atomic mass is 15.0. The SMILES string of the molecule is C1=CC2=C(CC1)c1ccccc1C21c2ccccc2-n2c3ccccc3c3cccc1c32. The van der Waals surface area contributed by atoms with E-state index < -0.39 is 0 Å². The van der Waals surface area contributed by atoms with Crippen molar-refractivity contribution >= 4 is 27.4 Å². The van der Waals surface area contributed by atoms with Crippen LogP contribution in [0.15, 0.2) is 109 Å². The average Bonchev–Trinajstić information content (AvgIpc) is 3.35. The Bertz CT molecular complexity index is 1680. The molecule has 0 saturated heterocycles. The van der Waals surface area contributed by atoms with Gasteiger partial charge in [-0.1, -0.05) is 91.0 Å². The summed E-state index contributed by atoms with van der Waals surface area (Å²) < 4.78 is 2.51. The number of hydrogen-bond donors (Lipinski definition) is 0. The van der Waals surface area contributed by atoms with Gasteiger partial charge in [-0.2, -0.15) is 0 Å². The van der Waals surface area contributed by atoms with Gasteiger partial charge in [0.1, 0.15) is 0 Å². The highest BCUT2D eigenvalue weighted by Crippen LogP contribution is 2.61. The van der Waals surface area contributed by atoms with Crippen LogP contribution in [-0.4, -0.2) is 4.57 Å². The summed E-state index contributed by atoms with van der Waals surface area (Å²) in [6, 6.07) is 34.0. The second kappa shape index (κ2) is 5.69. The van der Waals surface area contributed by atoms with Crippen molar-refractivity contribution in [2.45, 2.75) is 18.3 Å². The molecule has 2 heterocycles. The van der Waals surface area contributed by atoms with Gasteiger partial charge < -0.3 is 4.57 Å². The Morgan fingerprint density at radius 1 is 0.656 bits per heavy atom. The minimum atomic E-state index is -0.261. The maximum Gasteiger partial charge on any atom is 0.0751 e. The fourth-order valence-corrected chi connectivity index (χ4v) is 6.80. The predicted molar refractivity (Wildman–Crippen MR) is 132 cm³/mol. The van der Waals surface area contributed by atoms with Gasteiger partial charge in [-0.25, -0.2) is 0 Å². The zero-order chi connectivity index (χ0) is 20.9. The number of benzene rings is 4. The second-order valence-electron chi connectivity index (χ2n) is 9.20. The minimum absolute atomic E-state index is 0.261. The first-order chi connectivity index (χ1) is 15.9. The molecule has 1 heteroatoms. The van der Waals surface area contributed by atoms with Gasteiger partial charge in [0.15, 0.2) is 0 Å². The molecule has 1 spiro atoms. The molecule has 0 amide bonds. The smallest absolute Gasteiger partial charge is 0.0751 e. The fourth-order valence-electron chi connectivity index (χ4n) is 6.80. The van der Waals surface area contributed by atoms with Gasteiger partial charge in [-0.05, 0) is 58.4 Å². The van der Waals surface area contributed by atoms with Crippen LogP contribution in [0.4, 0.5) is 0 Å². The van der Waals surface area contributed by atoms with Crippen LogP contribution in [0.2, 0.25) is 0 Å². The van der Waals surface area contributed by atoms with Gasteiger partial charge in [0.05, 0.1) is 22.1 Å². The molecule has 3 aliphatic rings. The molecule has 1 nitrogen and oxygen atoms in total. The van der Waals surface area contributed by atoms with Gasteiger partial charge in [0.25, 0.3) is 0 Å². The van der Waals surface area contributed by atoms with Crippen LogP contribution in [0.1, 0.15) is 35.1 Å². The number of rotatable bonds is 0. The number of para-hydroxylation sites is 3. The molecule has 2 aliphatic carbocycles. The molecule has 5 aromatic rings. The molecule has 1 unspecified atom stereocenters. The monoisotopic (exact) mass is 407 g/mol. The highest BCUT2D eigenvalue weighted by Gasteiger charge is 2.51. The standard InChI is InChI=1S/C31H21N/c1-4-14-24-20(10-1)21-11-2-5-15-25(21)31(24)26-16-6-8-19-29(26)32-28-18-7-3-12-22(28)23-13-9-17-27(31)30(23)32/h1,3-10,12-19H,2,11H2. The quantitative estimate of drug-likeness (QED) is 0.250. The number of nitrogens with zero attached hydrogens (tertiary/aromatic N) is 1. The van der Waals surface area contributed by atoms with Crippen LogP contribution >= 0.6 is 0 Å². The van der Waals surface area contributed by atoms with E-state index in [2.05, 4.69) is 108 Å². The summed E-state index contributed by atoms with van der Waals surface area (Å²) in [5, 5.41) is 2.68. The maximum absolute atomic E-state index is 2.51. The molecular formula is C31H21N. The van der Waals surface area contributed by atoms with Crippen LogP contribution in [0.5, 0.6) is 0 Å². The maximum atomic E-state index is 2.51. The summed E-state index contributed by atoms with van der Waals surface area (Å²) in [5.41, 5.74) is 12.4. The molecule has 4 aromatic carbocycles. The topological polar surface area (TPSA) is 4.93 Å². The van der Waals surface area contributed by atoms with Crippen molar-refractivity contribution in [1.82, 2.24) is 4.57 Å². The van der Waals surface area contributed by atoms with Crippen molar-refractivity contribution < 1.29 is 0 Å². The summed E-state index contributed by atoms with van der Waals surface area (Å²) in [6.07, 6.45) is 7.03. The Kier molecular flexibility index (Phi) is 2.99. The van der Waals surface area contributed by atoms with Crippen LogP contribution in [0.25, 0.3) is 33.1 Å². The third kappa shape index (κ3) is 1.72. The largest absolute Gasteiger partial charge is 0.309 e. The Balaban J connectivity index is 1.68. The first kappa shape index (κ1) is 16.8. The molecule has 0 bridgehead atoms. The van der Waals surface area contributed by atoms with Crippen LogP contribution in [0, 0.1) is 0 Å². The van der Waals surface area contributed by atoms with Crippen molar-refractivity contribution in [3.05, 3.63) is 131 Å². The van der Waals surface area contributed by atoms with Gasteiger partial charge in [0, 0.05) is 10.8 Å². The number of hydrogen-bond acceptors (Lipinski definition) is 0. The molecular weight excluding hydrogens is 386 g/mol. The second-order valence-corrected chi connectivity index (χ2v) is 9.20. The van der Waals surface area contributed by atoms with Crippen molar-refractivity contribution in [1.29, 1.82) is 0 Å². The Hall–Kier alpha value is -3.84. The average molecular weight is 408 g/mol. The van der Waals surface area contributed by atoms with E-state index in [1.54, 1.807) is 0 Å². The lowest BCUT2D eigenvalue weighted by atomic mass is 9.64. The number of allylic oxidation sites excluding steroid dienone is 4. The normalized spacial score (nSPS) is 20.1. The highest BCUT2D eigenvalue weighted by molar-refractivity contribution is 6.12. The number of fused-ring (bicyclic) bond motifs is 11.